The fraction of sp³-hybridized carbons (Fsp3) is 0.346. The molecule has 0 unspecified atom stereocenters. The van der Waals surface area contributed by atoms with E-state index in [1.165, 1.54) is 28.9 Å². The van der Waals surface area contributed by atoms with Crippen LogP contribution >= 0.6 is 11.3 Å². The van der Waals surface area contributed by atoms with Gasteiger partial charge in [-0.2, -0.15) is 0 Å². The summed E-state index contributed by atoms with van der Waals surface area (Å²) in [4.78, 5) is 38.9. The lowest BCUT2D eigenvalue weighted by atomic mass is 9.90. The van der Waals surface area contributed by atoms with Crippen molar-refractivity contribution in [1.82, 2.24) is 4.57 Å². The van der Waals surface area contributed by atoms with Gasteiger partial charge in [0.25, 0.3) is 0 Å². The molecule has 2 aromatic heterocycles. The van der Waals surface area contributed by atoms with Crippen LogP contribution in [0.15, 0.2) is 36.4 Å². The number of carbonyl (C=O) groups excluding carboxylic acids is 3. The van der Waals surface area contributed by atoms with E-state index in [9.17, 15) is 14.4 Å². The Labute approximate surface area is 197 Å². The Balaban J connectivity index is 1.46. The number of benzene rings is 1. The van der Waals surface area contributed by atoms with E-state index in [1.54, 1.807) is 30.3 Å². The zero-order chi connectivity index (χ0) is 23.7. The molecular weight excluding hydrogens is 438 g/mol. The molecule has 1 atom stereocenters. The number of hydrogen-bond acceptors (Lipinski definition) is 6. The highest BCUT2D eigenvalue weighted by molar-refractivity contribution is 7.14. The molecular formula is C26H27NO5S. The zero-order valence-electron chi connectivity index (χ0n) is 19.3. The molecule has 0 amide bonds. The maximum absolute atomic E-state index is 12.9. The average Bonchev–Trinajstić information content (AvgIpc) is 3.36. The topological polar surface area (TPSA) is 74.6 Å². The van der Waals surface area contributed by atoms with E-state index >= 15 is 0 Å². The highest BCUT2D eigenvalue weighted by Crippen LogP contribution is 2.32. The highest BCUT2D eigenvalue weighted by Gasteiger charge is 2.23. The summed E-state index contributed by atoms with van der Waals surface area (Å²) in [6.45, 7) is 5.68. The molecule has 0 radical (unpaired) electrons. The van der Waals surface area contributed by atoms with Crippen LogP contribution in [0.25, 0.3) is 5.69 Å². The third-order valence-electron chi connectivity index (χ3n) is 6.14. The molecule has 0 fully saturated rings. The molecule has 0 spiro atoms. The number of hydrogen-bond donors (Lipinski definition) is 0. The molecule has 0 saturated heterocycles. The summed E-state index contributed by atoms with van der Waals surface area (Å²) in [5.41, 5.74) is 4.65. The van der Waals surface area contributed by atoms with E-state index in [-0.39, 0.29) is 12.4 Å². The van der Waals surface area contributed by atoms with Gasteiger partial charge in [0.15, 0.2) is 6.61 Å². The number of esters is 2. The van der Waals surface area contributed by atoms with Crippen LogP contribution in [0, 0.1) is 19.8 Å². The maximum atomic E-state index is 12.9. The van der Waals surface area contributed by atoms with E-state index in [0.717, 1.165) is 36.3 Å². The molecule has 6 nitrogen and oxygen atoms in total. The van der Waals surface area contributed by atoms with E-state index in [1.807, 2.05) is 24.5 Å². The van der Waals surface area contributed by atoms with Gasteiger partial charge in [-0.3, -0.25) is 4.79 Å². The Hall–Kier alpha value is -3.19. The second-order valence-corrected chi connectivity index (χ2v) is 9.70. The zero-order valence-corrected chi connectivity index (χ0v) is 20.1. The van der Waals surface area contributed by atoms with Crippen molar-refractivity contribution in [2.75, 3.05) is 13.7 Å². The molecule has 172 valence electrons. The summed E-state index contributed by atoms with van der Waals surface area (Å²) < 4.78 is 12.0. The number of ketones is 1. The average molecular weight is 466 g/mol. The van der Waals surface area contributed by atoms with E-state index < -0.39 is 11.9 Å². The summed E-state index contributed by atoms with van der Waals surface area (Å²) in [5.74, 6) is -0.461. The number of rotatable bonds is 6. The number of nitrogens with zero attached hydrogens (tertiary/aromatic N) is 1. The fourth-order valence-corrected chi connectivity index (χ4v) is 5.50. The minimum atomic E-state index is -0.442. The number of thiophene rings is 1. The lowest BCUT2D eigenvalue weighted by Crippen LogP contribution is -2.14. The summed E-state index contributed by atoms with van der Waals surface area (Å²) >= 11 is 1.48. The van der Waals surface area contributed by atoms with Crippen LogP contribution in [0.3, 0.4) is 0 Å². The van der Waals surface area contributed by atoms with Crippen LogP contribution in [-0.4, -0.2) is 36.0 Å². The quantitative estimate of drug-likeness (QED) is 0.374. The van der Waals surface area contributed by atoms with E-state index in [2.05, 4.69) is 6.92 Å². The number of carbonyl (C=O) groups is 3. The Morgan fingerprint density at radius 3 is 2.52 bits per heavy atom. The monoisotopic (exact) mass is 465 g/mol. The van der Waals surface area contributed by atoms with Crippen molar-refractivity contribution in [3.8, 4) is 5.69 Å². The van der Waals surface area contributed by atoms with Crippen molar-refractivity contribution < 1.29 is 23.9 Å². The molecule has 7 heteroatoms. The van der Waals surface area contributed by atoms with Gasteiger partial charge in [0.2, 0.25) is 5.78 Å². The summed E-state index contributed by atoms with van der Waals surface area (Å²) in [7, 11) is 1.34. The second-order valence-electron chi connectivity index (χ2n) is 8.57. The van der Waals surface area contributed by atoms with Gasteiger partial charge in [-0.1, -0.05) is 6.92 Å². The number of fused-ring (bicyclic) bond motifs is 1. The van der Waals surface area contributed by atoms with Crippen LogP contribution in [-0.2, 0) is 22.3 Å². The number of aromatic nitrogens is 1. The second kappa shape index (κ2) is 9.35. The van der Waals surface area contributed by atoms with Crippen molar-refractivity contribution in [3.63, 3.8) is 0 Å². The molecule has 2 heterocycles. The van der Waals surface area contributed by atoms with Crippen LogP contribution in [0.1, 0.15) is 65.6 Å². The third kappa shape index (κ3) is 4.64. The van der Waals surface area contributed by atoms with Crippen molar-refractivity contribution in [1.29, 1.82) is 0 Å². The van der Waals surface area contributed by atoms with Gasteiger partial charge in [-0.05, 0) is 81.0 Å². The van der Waals surface area contributed by atoms with Crippen molar-refractivity contribution in [2.24, 2.45) is 5.92 Å². The van der Waals surface area contributed by atoms with Gasteiger partial charge in [0.05, 0.1) is 12.7 Å². The molecule has 4 rings (SSSR count). The molecule has 33 heavy (non-hydrogen) atoms. The summed E-state index contributed by atoms with van der Waals surface area (Å²) in [5, 5.41) is 0. The molecule has 0 saturated carbocycles. The van der Waals surface area contributed by atoms with Gasteiger partial charge in [0.1, 0.15) is 4.88 Å². The summed E-state index contributed by atoms with van der Waals surface area (Å²) in [6.07, 6.45) is 3.13. The number of Topliss-reactive ketones (excluding diaryl/α,β-unsaturated/α-hetero) is 1. The van der Waals surface area contributed by atoms with E-state index in [4.69, 9.17) is 9.47 Å². The maximum Gasteiger partial charge on any atom is 0.348 e. The molecule has 0 N–H and O–H groups in total. The molecule has 1 aliphatic rings. The summed E-state index contributed by atoms with van der Waals surface area (Å²) in [6, 6.07) is 10.7. The van der Waals surface area contributed by atoms with Gasteiger partial charge in [-0.15, -0.1) is 11.3 Å². The highest BCUT2D eigenvalue weighted by atomic mass is 32.1. The first-order chi connectivity index (χ1) is 15.8. The molecule has 0 bridgehead atoms. The van der Waals surface area contributed by atoms with E-state index in [0.29, 0.717) is 21.9 Å². The van der Waals surface area contributed by atoms with Gasteiger partial charge >= 0.3 is 11.9 Å². The van der Waals surface area contributed by atoms with Crippen LogP contribution in [0.5, 0.6) is 0 Å². The smallest absolute Gasteiger partial charge is 0.348 e. The van der Waals surface area contributed by atoms with Gasteiger partial charge in [0, 0.05) is 27.5 Å². The lowest BCUT2D eigenvalue weighted by Gasteiger charge is -2.16. The Morgan fingerprint density at radius 1 is 1.09 bits per heavy atom. The minimum absolute atomic E-state index is 0.246. The SMILES string of the molecule is COC(=O)c1ccc(-n2c(C)cc(C(=O)COC(=O)c3cc4c(s3)CC[C@@H](C)C4)c2C)cc1. The third-order valence-corrected chi connectivity index (χ3v) is 7.36. The van der Waals surface area contributed by atoms with Crippen molar-refractivity contribution in [3.05, 3.63) is 74.2 Å². The predicted molar refractivity (Wildman–Crippen MR) is 127 cm³/mol. The molecule has 3 aromatic rings. The number of methoxy groups -OCH3 is 1. The molecule has 1 aliphatic carbocycles. The Bertz CT molecular complexity index is 1220. The van der Waals surface area contributed by atoms with Crippen LogP contribution in [0.2, 0.25) is 0 Å². The van der Waals surface area contributed by atoms with Gasteiger partial charge in [-0.25, -0.2) is 9.59 Å². The van der Waals surface area contributed by atoms with Crippen molar-refractivity contribution in [2.45, 2.75) is 40.0 Å². The predicted octanol–water partition coefficient (Wildman–Crippen LogP) is 5.11. The minimum Gasteiger partial charge on any atom is -0.465 e. The van der Waals surface area contributed by atoms with Crippen LogP contribution in [0.4, 0.5) is 0 Å². The first-order valence-electron chi connectivity index (χ1n) is 11.0. The normalized spacial score (nSPS) is 15.1. The fourth-order valence-electron chi connectivity index (χ4n) is 4.39. The Morgan fingerprint density at radius 2 is 1.82 bits per heavy atom. The number of ether oxygens (including phenoxy) is 2. The lowest BCUT2D eigenvalue weighted by molar-refractivity contribution is 0.0479. The Kier molecular flexibility index (Phi) is 6.51. The first-order valence-corrected chi connectivity index (χ1v) is 11.8. The van der Waals surface area contributed by atoms with Crippen molar-refractivity contribution >= 4 is 29.1 Å². The molecule has 1 aromatic carbocycles. The largest absolute Gasteiger partial charge is 0.465 e. The molecule has 0 aliphatic heterocycles. The van der Waals surface area contributed by atoms with Gasteiger partial charge < -0.3 is 14.0 Å². The standard InChI is InChI=1S/C26H27NO5S/c1-15-5-10-23-19(11-15)13-24(33-23)26(30)32-14-22(28)21-12-16(2)27(17(21)3)20-8-6-18(7-9-20)25(29)31-4/h6-9,12-13,15H,5,10-11,14H2,1-4H3/t15-/m1/s1. The number of aryl methyl sites for hydroxylation is 2. The first kappa shape index (κ1) is 23.0. The van der Waals surface area contributed by atoms with Crippen LogP contribution < -0.4 is 0 Å².